The van der Waals surface area contributed by atoms with Crippen molar-refractivity contribution in [2.24, 2.45) is 0 Å². The van der Waals surface area contributed by atoms with E-state index in [9.17, 15) is 9.59 Å². The molecule has 4 rings (SSSR count). The van der Waals surface area contributed by atoms with E-state index in [1.165, 1.54) is 11.1 Å². The Morgan fingerprint density at radius 3 is 2.33 bits per heavy atom. The van der Waals surface area contributed by atoms with Gasteiger partial charge in [0.05, 0.1) is 11.7 Å². The summed E-state index contributed by atoms with van der Waals surface area (Å²) < 4.78 is 5.85. The first-order valence-electron chi connectivity index (χ1n) is 10.2. The van der Waals surface area contributed by atoms with Gasteiger partial charge in [0.15, 0.2) is 0 Å². The minimum atomic E-state index is -0.326. The number of hydrogen-bond donors (Lipinski definition) is 1. The molecular formula is C24H24N2O3S. The molecule has 1 N–H and O–H groups in total. The van der Waals surface area contributed by atoms with E-state index in [2.05, 4.69) is 34.6 Å². The normalized spacial score (nSPS) is 16.1. The fraction of sp³-hybridized carbons (Fsp3) is 0.292. The van der Waals surface area contributed by atoms with Crippen LogP contribution in [0.3, 0.4) is 0 Å². The number of rotatable bonds is 8. The predicted molar refractivity (Wildman–Crippen MR) is 118 cm³/mol. The average Bonchev–Trinajstić information content (AvgIpc) is 3.29. The first-order valence-corrected chi connectivity index (χ1v) is 11.0. The Bertz CT molecular complexity index is 1030. The van der Waals surface area contributed by atoms with Crippen LogP contribution in [0.4, 0.5) is 4.79 Å². The second kappa shape index (κ2) is 9.30. The van der Waals surface area contributed by atoms with E-state index in [4.69, 9.17) is 4.42 Å². The number of aryl methyl sites for hydroxylation is 4. The van der Waals surface area contributed by atoms with Gasteiger partial charge in [-0.2, -0.15) is 0 Å². The molecule has 1 unspecified atom stereocenters. The van der Waals surface area contributed by atoms with E-state index >= 15 is 0 Å². The fourth-order valence-corrected chi connectivity index (χ4v) is 4.30. The molecule has 6 heteroatoms. The number of aromatic nitrogens is 1. The highest BCUT2D eigenvalue weighted by molar-refractivity contribution is 8.26. The molecule has 1 amide bonds. The summed E-state index contributed by atoms with van der Waals surface area (Å²) in [6.07, 6.45) is 4.20. The third-order valence-corrected chi connectivity index (χ3v) is 6.10. The van der Waals surface area contributed by atoms with Gasteiger partial charge >= 0.3 is 0 Å². The smallest absolute Gasteiger partial charge is 0.287 e. The van der Waals surface area contributed by atoms with Crippen LogP contribution >= 0.6 is 11.8 Å². The van der Waals surface area contributed by atoms with Crippen molar-refractivity contribution in [2.75, 3.05) is 0 Å². The van der Waals surface area contributed by atoms with Gasteiger partial charge in [-0.15, -0.1) is 0 Å². The molecule has 3 aromatic rings. The second-order valence-corrected chi connectivity index (χ2v) is 8.48. The topological polar surface area (TPSA) is 72.2 Å². The maximum atomic E-state index is 11.6. The lowest BCUT2D eigenvalue weighted by Gasteiger charge is -2.08. The molecule has 5 nitrogen and oxygen atoms in total. The standard InChI is InChI=1S/C24H24N2O3S/c1-16-20(25-22(29-16)19-7-3-2-4-8-19)15-14-18-12-10-17(11-13-18)6-5-9-21-23(27)30-24(28)26-21/h2-4,7-8,10-13,21H,5-6,9,14-15H2,1H3,(H,26,28). The van der Waals surface area contributed by atoms with Crippen molar-refractivity contribution >= 4 is 22.1 Å². The van der Waals surface area contributed by atoms with Crippen LogP contribution in [0.5, 0.6) is 0 Å². The molecule has 1 aliphatic heterocycles. The second-order valence-electron chi connectivity index (χ2n) is 7.50. The molecule has 0 bridgehead atoms. The number of oxazole rings is 1. The molecule has 1 saturated heterocycles. The first kappa shape index (κ1) is 20.4. The maximum Gasteiger partial charge on any atom is 0.287 e. The monoisotopic (exact) mass is 420 g/mol. The van der Waals surface area contributed by atoms with E-state index in [1.807, 2.05) is 37.3 Å². The van der Waals surface area contributed by atoms with E-state index in [1.54, 1.807) is 0 Å². The van der Waals surface area contributed by atoms with Crippen molar-refractivity contribution in [2.45, 2.75) is 45.1 Å². The van der Waals surface area contributed by atoms with E-state index in [0.29, 0.717) is 12.3 Å². The average molecular weight is 421 g/mol. The molecule has 2 heterocycles. The van der Waals surface area contributed by atoms with Gasteiger partial charge in [-0.05, 0) is 62.3 Å². The zero-order valence-corrected chi connectivity index (χ0v) is 17.7. The summed E-state index contributed by atoms with van der Waals surface area (Å²) in [5, 5.41) is 2.42. The third-order valence-electron chi connectivity index (χ3n) is 5.31. The molecule has 1 fully saturated rings. The van der Waals surface area contributed by atoms with Gasteiger partial charge in [-0.3, -0.25) is 9.59 Å². The van der Waals surface area contributed by atoms with Crippen molar-refractivity contribution in [3.63, 3.8) is 0 Å². The number of thioether (sulfide) groups is 1. The molecular weight excluding hydrogens is 396 g/mol. The van der Waals surface area contributed by atoms with Crippen LogP contribution in [0, 0.1) is 6.92 Å². The molecule has 0 radical (unpaired) electrons. The molecule has 0 aliphatic carbocycles. The van der Waals surface area contributed by atoms with E-state index in [-0.39, 0.29) is 16.4 Å². The van der Waals surface area contributed by atoms with Crippen molar-refractivity contribution in [1.82, 2.24) is 10.3 Å². The SMILES string of the molecule is Cc1oc(-c2ccccc2)nc1CCc1ccc(CCCC2NC(=O)SC2=O)cc1. The van der Waals surface area contributed by atoms with Crippen molar-refractivity contribution in [1.29, 1.82) is 0 Å². The molecule has 2 aromatic carbocycles. The molecule has 154 valence electrons. The summed E-state index contributed by atoms with van der Waals surface area (Å²) >= 11 is 0.781. The number of hydrogen-bond acceptors (Lipinski definition) is 5. The number of carbonyl (C=O) groups excluding carboxylic acids is 2. The highest BCUT2D eigenvalue weighted by atomic mass is 32.2. The zero-order chi connectivity index (χ0) is 20.9. The summed E-state index contributed by atoms with van der Waals surface area (Å²) in [5.41, 5.74) is 4.50. The minimum absolute atomic E-state index is 0.0612. The van der Waals surface area contributed by atoms with Crippen LogP contribution in [0.25, 0.3) is 11.5 Å². The van der Waals surface area contributed by atoms with Gasteiger partial charge in [-0.25, -0.2) is 4.98 Å². The Labute approximate surface area is 180 Å². The van der Waals surface area contributed by atoms with Crippen molar-refractivity contribution in [3.05, 3.63) is 77.2 Å². The Morgan fingerprint density at radius 1 is 0.967 bits per heavy atom. The van der Waals surface area contributed by atoms with E-state index in [0.717, 1.165) is 54.5 Å². The Hall–Kier alpha value is -2.86. The van der Waals surface area contributed by atoms with Crippen LogP contribution in [0.15, 0.2) is 59.0 Å². The molecule has 1 atom stereocenters. The van der Waals surface area contributed by atoms with Gasteiger partial charge in [0.2, 0.25) is 11.0 Å². The number of benzene rings is 2. The van der Waals surface area contributed by atoms with Gasteiger partial charge in [0.25, 0.3) is 5.24 Å². The lowest BCUT2D eigenvalue weighted by molar-refractivity contribution is -0.112. The number of amides is 1. The number of nitrogens with one attached hydrogen (secondary N) is 1. The van der Waals surface area contributed by atoms with Crippen LogP contribution in [-0.2, 0) is 24.1 Å². The van der Waals surface area contributed by atoms with Crippen molar-refractivity contribution in [3.8, 4) is 11.5 Å². The summed E-state index contributed by atoms with van der Waals surface area (Å²) in [6.45, 7) is 1.97. The van der Waals surface area contributed by atoms with Crippen molar-refractivity contribution < 1.29 is 14.0 Å². The predicted octanol–water partition coefficient (Wildman–Crippen LogP) is 5.11. The Kier molecular flexibility index (Phi) is 6.33. The van der Waals surface area contributed by atoms with E-state index < -0.39 is 0 Å². The zero-order valence-electron chi connectivity index (χ0n) is 16.9. The lowest BCUT2D eigenvalue weighted by Crippen LogP contribution is -2.28. The summed E-state index contributed by atoms with van der Waals surface area (Å²) in [6, 6.07) is 18.2. The summed E-state index contributed by atoms with van der Waals surface area (Å²) in [4.78, 5) is 27.5. The van der Waals surface area contributed by atoms with Crippen LogP contribution < -0.4 is 5.32 Å². The molecule has 1 aromatic heterocycles. The fourth-order valence-electron chi connectivity index (χ4n) is 3.59. The largest absolute Gasteiger partial charge is 0.441 e. The molecule has 0 saturated carbocycles. The first-order chi connectivity index (χ1) is 14.6. The highest BCUT2D eigenvalue weighted by Gasteiger charge is 2.30. The Morgan fingerprint density at radius 2 is 1.67 bits per heavy atom. The minimum Gasteiger partial charge on any atom is -0.441 e. The summed E-state index contributed by atoms with van der Waals surface area (Å²) in [5.74, 6) is 1.55. The van der Waals surface area contributed by atoms with Gasteiger partial charge in [0, 0.05) is 17.3 Å². The maximum absolute atomic E-state index is 11.6. The lowest BCUT2D eigenvalue weighted by atomic mass is 10.0. The quantitative estimate of drug-likeness (QED) is 0.548. The van der Waals surface area contributed by atoms with Crippen LogP contribution in [0.1, 0.15) is 35.4 Å². The number of nitrogens with zero attached hydrogens (tertiary/aromatic N) is 1. The van der Waals surface area contributed by atoms with Crippen LogP contribution in [-0.4, -0.2) is 21.4 Å². The van der Waals surface area contributed by atoms with Gasteiger partial charge < -0.3 is 9.73 Å². The summed E-state index contributed by atoms with van der Waals surface area (Å²) in [7, 11) is 0. The molecule has 0 spiro atoms. The highest BCUT2D eigenvalue weighted by Crippen LogP contribution is 2.23. The molecule has 30 heavy (non-hydrogen) atoms. The third kappa shape index (κ3) is 5.00. The number of carbonyl (C=O) groups is 2. The molecule has 1 aliphatic rings. The van der Waals surface area contributed by atoms with Crippen LogP contribution in [0.2, 0.25) is 0 Å². The van der Waals surface area contributed by atoms with Gasteiger partial charge in [-0.1, -0.05) is 42.5 Å². The van der Waals surface area contributed by atoms with Gasteiger partial charge in [0.1, 0.15) is 5.76 Å². The Balaban J connectivity index is 1.27.